The number of carbonyl (C=O) groups excluding carboxylic acids is 1. The van der Waals surface area contributed by atoms with Gasteiger partial charge in [0.1, 0.15) is 5.75 Å². The van der Waals surface area contributed by atoms with E-state index >= 15 is 0 Å². The van der Waals surface area contributed by atoms with Crippen molar-refractivity contribution in [3.05, 3.63) is 57.5 Å². The van der Waals surface area contributed by atoms with Crippen molar-refractivity contribution in [2.24, 2.45) is 0 Å². The minimum absolute atomic E-state index is 0.0278. The van der Waals surface area contributed by atoms with Crippen LogP contribution >= 0.6 is 27.5 Å². The van der Waals surface area contributed by atoms with Gasteiger partial charge in [0.25, 0.3) is 5.91 Å². The molecule has 0 aromatic heterocycles. The highest BCUT2D eigenvalue weighted by molar-refractivity contribution is 9.10. The van der Waals surface area contributed by atoms with Crippen LogP contribution in [0.5, 0.6) is 5.75 Å². The first kappa shape index (κ1) is 15.4. The smallest absolute Gasteiger partial charge is 0.265 e. The molecule has 0 radical (unpaired) electrons. The second-order valence-electron chi connectivity index (χ2n) is 5.31. The van der Waals surface area contributed by atoms with Gasteiger partial charge in [0.15, 0.2) is 6.61 Å². The van der Waals surface area contributed by atoms with Gasteiger partial charge in [0.2, 0.25) is 0 Å². The zero-order valence-corrected chi connectivity index (χ0v) is 14.4. The van der Waals surface area contributed by atoms with Gasteiger partial charge in [-0.1, -0.05) is 45.7 Å². The van der Waals surface area contributed by atoms with E-state index in [1.54, 1.807) is 12.1 Å². The van der Waals surface area contributed by atoms with Gasteiger partial charge in [-0.05, 0) is 43.2 Å². The number of nitrogens with zero attached hydrogens (tertiary/aromatic N) is 1. The summed E-state index contributed by atoms with van der Waals surface area (Å²) in [6.45, 7) is 2.02. The second-order valence-corrected chi connectivity index (χ2v) is 6.63. The fraction of sp³-hybridized carbons (Fsp3) is 0.235. The Morgan fingerprint density at radius 3 is 2.91 bits per heavy atom. The Kier molecular flexibility index (Phi) is 4.41. The molecular formula is C17H15BrClNO2. The minimum Gasteiger partial charge on any atom is -0.482 e. The van der Waals surface area contributed by atoms with Crippen LogP contribution in [0.25, 0.3) is 0 Å². The predicted molar refractivity (Wildman–Crippen MR) is 91.7 cm³/mol. The summed E-state index contributed by atoms with van der Waals surface area (Å²) in [5.74, 6) is 0.454. The first-order valence-corrected chi connectivity index (χ1v) is 8.21. The van der Waals surface area contributed by atoms with E-state index in [-0.39, 0.29) is 18.6 Å². The second kappa shape index (κ2) is 6.31. The maximum atomic E-state index is 12.5. The van der Waals surface area contributed by atoms with Crippen molar-refractivity contribution in [1.82, 2.24) is 0 Å². The van der Waals surface area contributed by atoms with Crippen LogP contribution in [-0.4, -0.2) is 18.6 Å². The van der Waals surface area contributed by atoms with Crippen molar-refractivity contribution in [3.63, 3.8) is 0 Å². The summed E-state index contributed by atoms with van der Waals surface area (Å²) in [5.41, 5.74) is 2.18. The lowest BCUT2D eigenvalue weighted by atomic mass is 10.1. The van der Waals surface area contributed by atoms with E-state index in [1.165, 1.54) is 5.56 Å². The number of anilines is 1. The number of benzene rings is 2. The monoisotopic (exact) mass is 379 g/mol. The summed E-state index contributed by atoms with van der Waals surface area (Å²) >= 11 is 9.44. The zero-order valence-electron chi connectivity index (χ0n) is 12.1. The van der Waals surface area contributed by atoms with E-state index in [0.717, 1.165) is 16.6 Å². The Labute approximate surface area is 143 Å². The number of para-hydroxylation sites is 1. The number of rotatable bonds is 3. The van der Waals surface area contributed by atoms with Crippen LogP contribution in [0, 0.1) is 0 Å². The predicted octanol–water partition coefficient (Wildman–Crippen LogP) is 4.46. The van der Waals surface area contributed by atoms with Crippen LogP contribution in [0.2, 0.25) is 5.02 Å². The number of halogens is 2. The molecule has 0 bridgehead atoms. The molecule has 3 nitrogen and oxygen atoms in total. The minimum atomic E-state index is -0.0589. The molecule has 0 saturated carbocycles. The van der Waals surface area contributed by atoms with E-state index in [0.29, 0.717) is 10.8 Å². The number of ether oxygens (including phenoxy) is 1. The highest BCUT2D eigenvalue weighted by atomic mass is 79.9. The van der Waals surface area contributed by atoms with Crippen LogP contribution < -0.4 is 9.64 Å². The molecule has 114 valence electrons. The van der Waals surface area contributed by atoms with Gasteiger partial charge in [-0.3, -0.25) is 4.79 Å². The highest BCUT2D eigenvalue weighted by Crippen LogP contribution is 2.32. The largest absolute Gasteiger partial charge is 0.482 e. The van der Waals surface area contributed by atoms with Crippen molar-refractivity contribution in [2.45, 2.75) is 19.4 Å². The van der Waals surface area contributed by atoms with Gasteiger partial charge in [-0.25, -0.2) is 0 Å². The van der Waals surface area contributed by atoms with Gasteiger partial charge in [-0.15, -0.1) is 0 Å². The first-order valence-electron chi connectivity index (χ1n) is 7.04. The molecular weight excluding hydrogens is 366 g/mol. The quantitative estimate of drug-likeness (QED) is 0.787. The third-order valence-electron chi connectivity index (χ3n) is 3.72. The summed E-state index contributed by atoms with van der Waals surface area (Å²) in [6, 6.07) is 13.5. The zero-order chi connectivity index (χ0) is 15.7. The lowest BCUT2D eigenvalue weighted by Crippen LogP contribution is -2.39. The standard InChI is InChI=1S/C17H15BrClNO2/c1-11-8-12-4-2-3-5-15(12)20(11)17(21)10-22-16-7-6-13(18)9-14(16)19/h2-7,9,11H,8,10H2,1H3/t11-/m1/s1. The molecule has 0 aliphatic carbocycles. The number of fused-ring (bicyclic) bond motifs is 1. The molecule has 2 aromatic rings. The Hall–Kier alpha value is -1.52. The molecule has 0 fully saturated rings. The summed E-state index contributed by atoms with van der Waals surface area (Å²) < 4.78 is 6.46. The molecule has 0 unspecified atom stereocenters. The lowest BCUT2D eigenvalue weighted by molar-refractivity contribution is -0.120. The van der Waals surface area contributed by atoms with E-state index in [4.69, 9.17) is 16.3 Å². The number of amides is 1. The number of hydrogen-bond acceptors (Lipinski definition) is 2. The van der Waals surface area contributed by atoms with Crippen LogP contribution in [0.3, 0.4) is 0 Å². The molecule has 1 heterocycles. The van der Waals surface area contributed by atoms with E-state index in [1.807, 2.05) is 36.1 Å². The van der Waals surface area contributed by atoms with Crippen molar-refractivity contribution in [2.75, 3.05) is 11.5 Å². The average Bonchev–Trinajstić information content (AvgIpc) is 2.82. The van der Waals surface area contributed by atoms with Crippen molar-refractivity contribution < 1.29 is 9.53 Å². The Morgan fingerprint density at radius 2 is 2.14 bits per heavy atom. The molecule has 0 spiro atoms. The SMILES string of the molecule is C[C@@H]1Cc2ccccc2N1C(=O)COc1ccc(Br)cc1Cl. The molecule has 5 heteroatoms. The summed E-state index contributed by atoms with van der Waals surface area (Å²) in [4.78, 5) is 14.3. The van der Waals surface area contributed by atoms with Crippen molar-refractivity contribution in [3.8, 4) is 5.75 Å². The van der Waals surface area contributed by atoms with E-state index in [2.05, 4.69) is 22.0 Å². The molecule has 2 aromatic carbocycles. The molecule has 1 atom stereocenters. The third-order valence-corrected chi connectivity index (χ3v) is 4.51. The van der Waals surface area contributed by atoms with Gasteiger partial charge in [-0.2, -0.15) is 0 Å². The van der Waals surface area contributed by atoms with E-state index in [9.17, 15) is 4.79 Å². The van der Waals surface area contributed by atoms with Crippen LogP contribution in [0.1, 0.15) is 12.5 Å². The topological polar surface area (TPSA) is 29.5 Å². The maximum Gasteiger partial charge on any atom is 0.265 e. The lowest BCUT2D eigenvalue weighted by Gasteiger charge is -2.22. The summed E-state index contributed by atoms with van der Waals surface area (Å²) in [5, 5.41) is 0.483. The number of carbonyl (C=O) groups is 1. The van der Waals surface area contributed by atoms with Crippen LogP contribution in [0.15, 0.2) is 46.9 Å². The van der Waals surface area contributed by atoms with Crippen molar-refractivity contribution in [1.29, 1.82) is 0 Å². The van der Waals surface area contributed by atoms with Crippen LogP contribution in [-0.2, 0) is 11.2 Å². The van der Waals surface area contributed by atoms with Crippen molar-refractivity contribution >= 4 is 39.1 Å². The van der Waals surface area contributed by atoms with Crippen LogP contribution in [0.4, 0.5) is 5.69 Å². The van der Waals surface area contributed by atoms with E-state index < -0.39 is 0 Å². The highest BCUT2D eigenvalue weighted by Gasteiger charge is 2.30. The van der Waals surface area contributed by atoms with Gasteiger partial charge >= 0.3 is 0 Å². The maximum absolute atomic E-state index is 12.5. The van der Waals surface area contributed by atoms with Gasteiger partial charge in [0, 0.05) is 16.2 Å². The number of hydrogen-bond donors (Lipinski definition) is 0. The molecule has 22 heavy (non-hydrogen) atoms. The third kappa shape index (κ3) is 2.99. The first-order chi connectivity index (χ1) is 10.6. The normalized spacial score (nSPS) is 16.5. The average molecular weight is 381 g/mol. The van der Waals surface area contributed by atoms with Gasteiger partial charge < -0.3 is 9.64 Å². The molecule has 1 amide bonds. The fourth-order valence-corrected chi connectivity index (χ4v) is 3.47. The summed E-state index contributed by atoms with van der Waals surface area (Å²) in [6.07, 6.45) is 0.876. The summed E-state index contributed by atoms with van der Waals surface area (Å²) in [7, 11) is 0. The Bertz CT molecular complexity index is 720. The van der Waals surface area contributed by atoms with Gasteiger partial charge in [0.05, 0.1) is 5.02 Å². The Morgan fingerprint density at radius 1 is 1.36 bits per heavy atom. The molecule has 3 rings (SSSR count). The molecule has 0 saturated heterocycles. The Balaban J connectivity index is 1.72. The molecule has 0 N–H and O–H groups in total. The molecule has 1 aliphatic rings. The molecule has 1 aliphatic heterocycles. The fourth-order valence-electron chi connectivity index (χ4n) is 2.75.